The van der Waals surface area contributed by atoms with Gasteiger partial charge in [0.15, 0.2) is 0 Å². The van der Waals surface area contributed by atoms with E-state index in [9.17, 15) is 9.59 Å². The minimum atomic E-state index is -0.140. The predicted octanol–water partition coefficient (Wildman–Crippen LogP) is 4.69. The molecule has 2 saturated carbocycles. The van der Waals surface area contributed by atoms with Crippen molar-refractivity contribution in [3.8, 4) is 11.1 Å². The van der Waals surface area contributed by atoms with E-state index in [0.29, 0.717) is 17.0 Å². The van der Waals surface area contributed by atoms with E-state index in [1.165, 1.54) is 0 Å². The Bertz CT molecular complexity index is 1670. The van der Waals surface area contributed by atoms with Gasteiger partial charge in [-0.1, -0.05) is 48.5 Å². The summed E-state index contributed by atoms with van der Waals surface area (Å²) in [6.45, 7) is 0. The number of nitrogens with one attached hydrogen (secondary N) is 2. The van der Waals surface area contributed by atoms with E-state index in [2.05, 4.69) is 32.6 Å². The standard InChI is InChI=1S/C29H25N5O2/c35-27-23-9-5-4-8-22(23)26(32-33-27)20-13-29(14-20)15-21(16-29)31-28(36)24-17-30-25-12-19(10-11-34(24)25)18-6-2-1-3-7-18/h1-12,17,20-21H,13-16H2,(H,31,36)(H,33,35). The van der Waals surface area contributed by atoms with Crippen molar-refractivity contribution in [2.24, 2.45) is 5.41 Å². The van der Waals surface area contributed by atoms with Crippen LogP contribution in [0.3, 0.4) is 0 Å². The molecule has 7 heteroatoms. The lowest BCUT2D eigenvalue weighted by Crippen LogP contribution is -2.55. The number of aromatic nitrogens is 4. The zero-order valence-corrected chi connectivity index (χ0v) is 19.6. The van der Waals surface area contributed by atoms with Gasteiger partial charge in [-0.2, -0.15) is 5.10 Å². The van der Waals surface area contributed by atoms with Crippen LogP contribution in [0.1, 0.15) is 47.8 Å². The summed E-state index contributed by atoms with van der Waals surface area (Å²) in [6, 6.07) is 22.0. The minimum Gasteiger partial charge on any atom is -0.348 e. The Balaban J connectivity index is 1.01. The molecule has 7 rings (SSSR count). The molecular weight excluding hydrogens is 450 g/mol. The zero-order valence-electron chi connectivity index (χ0n) is 19.6. The first kappa shape index (κ1) is 21.1. The average Bonchev–Trinajstić information content (AvgIpc) is 3.29. The monoisotopic (exact) mass is 475 g/mol. The van der Waals surface area contributed by atoms with Gasteiger partial charge in [0.1, 0.15) is 11.3 Å². The maximum absolute atomic E-state index is 13.0. The number of fused-ring (bicyclic) bond motifs is 2. The quantitative estimate of drug-likeness (QED) is 0.394. The molecule has 1 spiro atoms. The van der Waals surface area contributed by atoms with Crippen molar-refractivity contribution in [3.05, 3.63) is 101 Å². The number of aromatic amines is 1. The lowest BCUT2D eigenvalue weighted by molar-refractivity contribution is -0.0197. The Kier molecular flexibility index (Phi) is 4.61. The number of H-pyrrole nitrogens is 1. The highest BCUT2D eigenvalue weighted by atomic mass is 16.2. The largest absolute Gasteiger partial charge is 0.348 e. The van der Waals surface area contributed by atoms with Gasteiger partial charge in [-0.25, -0.2) is 10.1 Å². The molecule has 0 unspecified atom stereocenters. The van der Waals surface area contributed by atoms with Gasteiger partial charge in [0.25, 0.3) is 11.5 Å². The maximum Gasteiger partial charge on any atom is 0.272 e. The highest BCUT2D eigenvalue weighted by Gasteiger charge is 2.54. The van der Waals surface area contributed by atoms with Gasteiger partial charge in [0.05, 0.1) is 17.3 Å². The van der Waals surface area contributed by atoms with Crippen LogP contribution in [0.4, 0.5) is 0 Å². The van der Waals surface area contributed by atoms with Gasteiger partial charge in [-0.3, -0.25) is 14.0 Å². The number of benzene rings is 2. The average molecular weight is 476 g/mol. The number of amides is 1. The molecule has 5 aromatic rings. The normalized spacial score (nSPS) is 22.9. The first-order valence-corrected chi connectivity index (χ1v) is 12.4. The molecule has 3 aromatic heterocycles. The van der Waals surface area contributed by atoms with E-state index in [1.54, 1.807) is 6.20 Å². The molecule has 2 N–H and O–H groups in total. The Morgan fingerprint density at radius 3 is 2.50 bits per heavy atom. The van der Waals surface area contributed by atoms with Crippen molar-refractivity contribution in [2.45, 2.75) is 37.6 Å². The molecule has 2 fully saturated rings. The number of hydrogen-bond acceptors (Lipinski definition) is 4. The fourth-order valence-corrected chi connectivity index (χ4v) is 6.27. The van der Waals surface area contributed by atoms with Crippen LogP contribution >= 0.6 is 0 Å². The van der Waals surface area contributed by atoms with E-state index in [0.717, 1.165) is 53.5 Å². The molecule has 0 saturated heterocycles. The number of hydrogen-bond donors (Lipinski definition) is 2. The molecular formula is C29H25N5O2. The van der Waals surface area contributed by atoms with Crippen LogP contribution in [0.15, 0.2) is 83.9 Å². The summed E-state index contributed by atoms with van der Waals surface area (Å²) in [6.07, 6.45) is 7.61. The number of pyridine rings is 1. The van der Waals surface area contributed by atoms with Crippen molar-refractivity contribution >= 4 is 22.3 Å². The Morgan fingerprint density at radius 2 is 1.69 bits per heavy atom. The maximum atomic E-state index is 13.0. The molecule has 0 aliphatic heterocycles. The van der Waals surface area contributed by atoms with Crippen molar-refractivity contribution in [2.75, 3.05) is 0 Å². The van der Waals surface area contributed by atoms with Crippen LogP contribution in [-0.2, 0) is 0 Å². The van der Waals surface area contributed by atoms with Gasteiger partial charge in [0.2, 0.25) is 0 Å². The van der Waals surface area contributed by atoms with Crippen molar-refractivity contribution < 1.29 is 4.79 Å². The van der Waals surface area contributed by atoms with Crippen LogP contribution in [-0.4, -0.2) is 31.5 Å². The number of carbonyl (C=O) groups is 1. The van der Waals surface area contributed by atoms with E-state index in [4.69, 9.17) is 0 Å². The molecule has 2 aromatic carbocycles. The first-order chi connectivity index (χ1) is 17.6. The summed E-state index contributed by atoms with van der Waals surface area (Å²) in [5, 5.41) is 11.9. The molecule has 178 valence electrons. The fourth-order valence-electron chi connectivity index (χ4n) is 6.27. The highest BCUT2D eigenvalue weighted by Crippen LogP contribution is 2.62. The SMILES string of the molecule is O=C(NC1CC2(C1)CC(c1n[nH]c(=O)c3ccccc13)C2)c1cnc2cc(-c3ccccc3)ccn12. The van der Waals surface area contributed by atoms with E-state index in [-0.39, 0.29) is 22.9 Å². The summed E-state index contributed by atoms with van der Waals surface area (Å²) < 4.78 is 1.85. The van der Waals surface area contributed by atoms with E-state index in [1.807, 2.05) is 65.2 Å². The third-order valence-electron chi connectivity index (χ3n) is 8.02. The number of carbonyl (C=O) groups excluding carboxylic acids is 1. The van der Waals surface area contributed by atoms with Crippen molar-refractivity contribution in [1.29, 1.82) is 0 Å². The second-order valence-corrected chi connectivity index (χ2v) is 10.3. The van der Waals surface area contributed by atoms with Gasteiger partial charge in [0, 0.05) is 23.5 Å². The molecule has 7 nitrogen and oxygen atoms in total. The van der Waals surface area contributed by atoms with Crippen molar-refractivity contribution in [3.63, 3.8) is 0 Å². The highest BCUT2D eigenvalue weighted by molar-refractivity contribution is 5.93. The van der Waals surface area contributed by atoms with Crippen LogP contribution in [0.5, 0.6) is 0 Å². The number of imidazole rings is 1. The molecule has 0 radical (unpaired) electrons. The third-order valence-corrected chi connectivity index (χ3v) is 8.02. The van der Waals surface area contributed by atoms with Gasteiger partial charge < -0.3 is 5.32 Å². The molecule has 1 amide bonds. The van der Waals surface area contributed by atoms with Crippen molar-refractivity contribution in [1.82, 2.24) is 24.9 Å². The summed E-state index contributed by atoms with van der Waals surface area (Å²) >= 11 is 0. The number of nitrogens with zero attached hydrogens (tertiary/aromatic N) is 3. The molecule has 0 bridgehead atoms. The first-order valence-electron chi connectivity index (χ1n) is 12.4. The second kappa shape index (κ2) is 7.88. The summed E-state index contributed by atoms with van der Waals surface area (Å²) in [5.74, 6) is 0.264. The van der Waals surface area contributed by atoms with E-state index < -0.39 is 0 Å². The van der Waals surface area contributed by atoms with Gasteiger partial charge in [-0.05, 0) is 60.4 Å². The molecule has 0 atom stereocenters. The minimum absolute atomic E-state index is 0.0843. The lowest BCUT2D eigenvalue weighted by atomic mass is 9.49. The summed E-state index contributed by atoms with van der Waals surface area (Å²) in [4.78, 5) is 29.6. The third kappa shape index (κ3) is 3.34. The molecule has 2 aliphatic rings. The van der Waals surface area contributed by atoms with Crippen LogP contribution in [0.2, 0.25) is 0 Å². The fraction of sp³-hybridized carbons (Fsp3) is 0.241. The topological polar surface area (TPSA) is 92.1 Å². The summed E-state index contributed by atoms with van der Waals surface area (Å²) in [5.41, 5.74) is 4.63. The zero-order chi connectivity index (χ0) is 24.3. The summed E-state index contributed by atoms with van der Waals surface area (Å²) in [7, 11) is 0. The number of rotatable bonds is 4. The van der Waals surface area contributed by atoms with Crippen LogP contribution in [0.25, 0.3) is 27.5 Å². The Hall–Kier alpha value is -4.26. The Labute approximate surface area is 207 Å². The lowest BCUT2D eigenvalue weighted by Gasteiger charge is -2.57. The van der Waals surface area contributed by atoms with Crippen LogP contribution < -0.4 is 10.9 Å². The smallest absolute Gasteiger partial charge is 0.272 e. The molecule has 3 heterocycles. The van der Waals surface area contributed by atoms with Crippen LogP contribution in [0, 0.1) is 5.41 Å². The van der Waals surface area contributed by atoms with Gasteiger partial charge in [-0.15, -0.1) is 0 Å². The Morgan fingerprint density at radius 1 is 0.944 bits per heavy atom. The van der Waals surface area contributed by atoms with E-state index >= 15 is 0 Å². The molecule has 36 heavy (non-hydrogen) atoms. The molecule has 2 aliphatic carbocycles. The second-order valence-electron chi connectivity index (χ2n) is 10.3. The predicted molar refractivity (Wildman–Crippen MR) is 138 cm³/mol. The van der Waals surface area contributed by atoms with Gasteiger partial charge >= 0.3 is 0 Å².